The van der Waals surface area contributed by atoms with E-state index in [0.29, 0.717) is 28.1 Å². The summed E-state index contributed by atoms with van der Waals surface area (Å²) in [4.78, 5) is 13.0. The number of carbonyl (C=O) groups excluding carboxylic acids is 1. The predicted molar refractivity (Wildman–Crippen MR) is 172 cm³/mol. The summed E-state index contributed by atoms with van der Waals surface area (Å²) >= 11 is 0. The molecule has 3 nitrogen and oxygen atoms in total. The highest BCUT2D eigenvalue weighted by Gasteiger charge is 2.70. The third-order valence-electron chi connectivity index (χ3n) is 15.0. The molecule has 0 amide bonds. The Morgan fingerprint density at radius 3 is 2.26 bits per heavy atom. The first-order chi connectivity index (χ1) is 19.7. The number of carbonyl (C=O) groups is 1. The van der Waals surface area contributed by atoms with Gasteiger partial charge in [0.25, 0.3) is 0 Å². The second-order valence-electron chi connectivity index (χ2n) is 17.1. The summed E-state index contributed by atoms with van der Waals surface area (Å²) in [6.07, 6.45) is 16.2. The van der Waals surface area contributed by atoms with Crippen LogP contribution in [0.2, 0.25) is 0 Å². The normalized spacial score (nSPS) is 45.8. The van der Waals surface area contributed by atoms with Gasteiger partial charge in [-0.25, -0.2) is 4.79 Å². The molecule has 5 fully saturated rings. The summed E-state index contributed by atoms with van der Waals surface area (Å²) in [5.74, 6) is 3.57. The number of aromatic hydroxyl groups is 1. The van der Waals surface area contributed by atoms with E-state index in [4.69, 9.17) is 4.74 Å². The summed E-state index contributed by atoms with van der Waals surface area (Å²) in [6.45, 7) is 22.3. The van der Waals surface area contributed by atoms with Crippen LogP contribution in [0, 0.1) is 56.7 Å². The fourth-order valence-corrected chi connectivity index (χ4v) is 12.6. The highest BCUT2D eigenvalue weighted by atomic mass is 16.5. The maximum atomic E-state index is 13.0. The summed E-state index contributed by atoms with van der Waals surface area (Å²) in [5.41, 5.74) is 3.78. The minimum atomic E-state index is -0.257. The third-order valence-corrected chi connectivity index (χ3v) is 15.0. The van der Waals surface area contributed by atoms with E-state index in [1.165, 1.54) is 56.9 Å². The summed E-state index contributed by atoms with van der Waals surface area (Å²) < 4.78 is 6.22. The molecule has 1 aromatic carbocycles. The molecule has 0 aliphatic heterocycles. The van der Waals surface area contributed by atoms with Crippen molar-refractivity contribution in [2.45, 2.75) is 119 Å². The van der Waals surface area contributed by atoms with Crippen molar-refractivity contribution in [3.63, 3.8) is 0 Å². The number of hydrogen-bond acceptors (Lipinski definition) is 3. The molecule has 0 radical (unpaired) electrons. The van der Waals surface area contributed by atoms with Crippen LogP contribution in [-0.4, -0.2) is 17.2 Å². The Morgan fingerprint density at radius 2 is 1.57 bits per heavy atom. The van der Waals surface area contributed by atoms with Crippen LogP contribution in [0.5, 0.6) is 5.75 Å². The second-order valence-corrected chi connectivity index (χ2v) is 17.1. The van der Waals surface area contributed by atoms with Gasteiger partial charge in [0.05, 0.1) is 0 Å². The molecule has 0 heterocycles. The SMILES string of the molecule is C=C(C)[C@@H]1CC[C@@]2(C)CC[C@@]3(C)[C@H](CC[C@H]4[C@]5(C)CC[C@@H](OC(=O)C=Cc6ccc(O)cc6)C(C)(C)[C@@H]5CC[C@]43C)[C@@H]12. The van der Waals surface area contributed by atoms with Gasteiger partial charge in [-0.3, -0.25) is 0 Å². The Labute approximate surface area is 255 Å². The number of benzene rings is 1. The Bertz CT molecular complexity index is 1260. The van der Waals surface area contributed by atoms with E-state index in [9.17, 15) is 9.90 Å². The average Bonchev–Trinajstić information content (AvgIpc) is 3.28. The van der Waals surface area contributed by atoms with Gasteiger partial charge in [0.2, 0.25) is 0 Å². The van der Waals surface area contributed by atoms with Crippen LogP contribution < -0.4 is 0 Å². The van der Waals surface area contributed by atoms with Gasteiger partial charge >= 0.3 is 5.97 Å². The maximum absolute atomic E-state index is 13.0. The maximum Gasteiger partial charge on any atom is 0.331 e. The molecule has 0 spiro atoms. The van der Waals surface area contributed by atoms with Crippen molar-refractivity contribution in [3.05, 3.63) is 48.1 Å². The van der Waals surface area contributed by atoms with Crippen molar-refractivity contribution < 1.29 is 14.6 Å². The highest BCUT2D eigenvalue weighted by Crippen LogP contribution is 2.77. The number of esters is 1. The molecule has 1 N–H and O–H groups in total. The van der Waals surface area contributed by atoms with Crippen molar-refractivity contribution in [3.8, 4) is 5.75 Å². The average molecular weight is 573 g/mol. The molecule has 0 saturated heterocycles. The Morgan fingerprint density at radius 1 is 0.857 bits per heavy atom. The number of allylic oxidation sites excluding steroid dienone is 1. The molecule has 42 heavy (non-hydrogen) atoms. The van der Waals surface area contributed by atoms with E-state index in [0.717, 1.165) is 36.2 Å². The van der Waals surface area contributed by atoms with Crippen LogP contribution in [0.1, 0.15) is 118 Å². The standard InChI is InChI=1S/C39H56O3/c1-25(2)28-17-20-36(5)23-24-38(7)29(34(28)36)14-15-31-37(6)21-19-32(35(3,4)30(37)18-22-39(31,38)8)42-33(41)16-11-26-9-12-27(40)13-10-26/h9-13,16,28-32,34,40H,1,14-15,17-24H2,2-8H3/t28-,29+,30-,31-,32+,34+,36-,37+,38-,39+/m0/s1. The van der Waals surface area contributed by atoms with Gasteiger partial charge < -0.3 is 9.84 Å². The van der Waals surface area contributed by atoms with E-state index in [1.54, 1.807) is 24.3 Å². The van der Waals surface area contributed by atoms with Gasteiger partial charge in [-0.05, 0) is 146 Å². The fraction of sp³-hybridized carbons (Fsp3) is 0.718. The number of phenols is 1. The first-order valence-corrected chi connectivity index (χ1v) is 17.0. The molecule has 6 rings (SSSR count). The number of fused-ring (bicyclic) bond motifs is 7. The van der Waals surface area contributed by atoms with Gasteiger partial charge in [0.15, 0.2) is 0 Å². The number of ether oxygens (including phenoxy) is 1. The van der Waals surface area contributed by atoms with Crippen LogP contribution in [0.25, 0.3) is 6.08 Å². The summed E-state index contributed by atoms with van der Waals surface area (Å²) in [6, 6.07) is 6.89. The molecule has 0 unspecified atom stereocenters. The summed E-state index contributed by atoms with van der Waals surface area (Å²) in [7, 11) is 0. The zero-order valence-electron chi connectivity index (χ0n) is 27.5. The van der Waals surface area contributed by atoms with Gasteiger partial charge in [-0.2, -0.15) is 0 Å². The molecule has 5 aliphatic carbocycles. The molecule has 10 atom stereocenters. The van der Waals surface area contributed by atoms with Crippen molar-refractivity contribution in [2.75, 3.05) is 0 Å². The van der Waals surface area contributed by atoms with E-state index in [-0.39, 0.29) is 28.7 Å². The van der Waals surface area contributed by atoms with Crippen LogP contribution in [-0.2, 0) is 9.53 Å². The largest absolute Gasteiger partial charge is 0.508 e. The highest BCUT2D eigenvalue weighted by molar-refractivity contribution is 5.87. The molecular formula is C39H56O3. The zero-order chi connectivity index (χ0) is 30.3. The zero-order valence-corrected chi connectivity index (χ0v) is 27.5. The Kier molecular flexibility index (Phi) is 7.14. The van der Waals surface area contributed by atoms with Crippen molar-refractivity contribution in [1.29, 1.82) is 0 Å². The number of rotatable bonds is 4. The lowest BCUT2D eigenvalue weighted by Crippen LogP contribution is -2.66. The monoisotopic (exact) mass is 572 g/mol. The first kappa shape index (κ1) is 30.0. The fourth-order valence-electron chi connectivity index (χ4n) is 12.6. The van der Waals surface area contributed by atoms with Crippen LogP contribution >= 0.6 is 0 Å². The molecule has 5 saturated carbocycles. The lowest BCUT2D eigenvalue weighted by molar-refractivity contribution is -0.248. The van der Waals surface area contributed by atoms with E-state index >= 15 is 0 Å². The third kappa shape index (κ3) is 4.29. The molecule has 1 aromatic rings. The number of hydrogen-bond donors (Lipinski definition) is 1. The Balaban J connectivity index is 1.22. The van der Waals surface area contributed by atoms with Crippen molar-refractivity contribution in [2.24, 2.45) is 56.7 Å². The lowest BCUT2D eigenvalue weighted by Gasteiger charge is -2.73. The van der Waals surface area contributed by atoms with E-state index in [2.05, 4.69) is 55.0 Å². The molecule has 0 aromatic heterocycles. The molecule has 0 bridgehead atoms. The topological polar surface area (TPSA) is 46.5 Å². The van der Waals surface area contributed by atoms with Gasteiger partial charge in [0, 0.05) is 11.5 Å². The molecular weight excluding hydrogens is 516 g/mol. The van der Waals surface area contributed by atoms with E-state index < -0.39 is 0 Å². The quantitative estimate of drug-likeness (QED) is 0.222. The lowest BCUT2D eigenvalue weighted by atomic mass is 9.32. The van der Waals surface area contributed by atoms with Crippen LogP contribution in [0.3, 0.4) is 0 Å². The van der Waals surface area contributed by atoms with Crippen molar-refractivity contribution in [1.82, 2.24) is 0 Å². The van der Waals surface area contributed by atoms with Crippen LogP contribution in [0.15, 0.2) is 42.5 Å². The Hall–Kier alpha value is -2.03. The van der Waals surface area contributed by atoms with Crippen LogP contribution in [0.4, 0.5) is 0 Å². The van der Waals surface area contributed by atoms with Crippen molar-refractivity contribution >= 4 is 12.0 Å². The molecule has 230 valence electrons. The van der Waals surface area contributed by atoms with Gasteiger partial charge in [0.1, 0.15) is 11.9 Å². The smallest absolute Gasteiger partial charge is 0.331 e. The minimum absolute atomic E-state index is 0.0598. The number of phenolic OH excluding ortho intramolecular Hbond substituents is 1. The van der Waals surface area contributed by atoms with Gasteiger partial charge in [-0.15, -0.1) is 0 Å². The predicted octanol–water partition coefficient (Wildman–Crippen LogP) is 9.99. The second kappa shape index (κ2) is 10.00. The molecule has 3 heteroatoms. The first-order valence-electron chi connectivity index (χ1n) is 17.0. The van der Waals surface area contributed by atoms with E-state index in [1.807, 2.05) is 12.1 Å². The van der Waals surface area contributed by atoms with Gasteiger partial charge in [-0.1, -0.05) is 65.8 Å². The minimum Gasteiger partial charge on any atom is -0.508 e. The molecule has 5 aliphatic rings. The summed E-state index contributed by atoms with van der Waals surface area (Å²) in [5, 5.41) is 9.54.